The van der Waals surface area contributed by atoms with Crippen molar-refractivity contribution < 1.29 is 14.0 Å². The second kappa shape index (κ2) is 11.4. The van der Waals surface area contributed by atoms with E-state index in [1.807, 2.05) is 19.1 Å². The molecule has 0 radical (unpaired) electrons. The number of benzene rings is 2. The average Bonchev–Trinajstić information content (AvgIpc) is 2.88. The molecule has 2 amide bonds. The van der Waals surface area contributed by atoms with Crippen molar-refractivity contribution in [1.29, 1.82) is 10.5 Å². The number of halogens is 3. The Morgan fingerprint density at radius 2 is 1.84 bits per heavy atom. The van der Waals surface area contributed by atoms with Crippen LogP contribution in [0, 0.1) is 40.3 Å². The maximum Gasteiger partial charge on any atom is 0.242 e. The van der Waals surface area contributed by atoms with Crippen molar-refractivity contribution in [3.05, 3.63) is 56.8 Å². The van der Waals surface area contributed by atoms with Crippen LogP contribution in [0.2, 0.25) is 10.0 Å². The van der Waals surface area contributed by atoms with Gasteiger partial charge in [0.15, 0.2) is 0 Å². The lowest BCUT2D eigenvalue weighted by Gasteiger charge is -2.36. The van der Waals surface area contributed by atoms with Crippen LogP contribution in [-0.2, 0) is 16.0 Å². The van der Waals surface area contributed by atoms with Crippen LogP contribution in [-0.4, -0.2) is 29.8 Å². The van der Waals surface area contributed by atoms with E-state index < -0.39 is 5.82 Å². The Hall–Kier alpha value is -3.33. The van der Waals surface area contributed by atoms with Crippen molar-refractivity contribution in [3.63, 3.8) is 0 Å². The summed E-state index contributed by atoms with van der Waals surface area (Å²) in [6.07, 6.45) is 3.06. The smallest absolute Gasteiger partial charge is 0.242 e. The predicted octanol–water partition coefficient (Wildman–Crippen LogP) is 5.83. The molecule has 2 aromatic carbocycles. The van der Waals surface area contributed by atoms with Gasteiger partial charge < -0.3 is 15.5 Å². The second-order valence-electron chi connectivity index (χ2n) is 9.48. The lowest BCUT2D eigenvalue weighted by atomic mass is 9.82. The summed E-state index contributed by atoms with van der Waals surface area (Å²) in [5.41, 5.74) is 2.02. The Kier molecular flexibility index (Phi) is 8.22. The maximum absolute atomic E-state index is 14.7. The molecule has 1 atom stereocenters. The summed E-state index contributed by atoms with van der Waals surface area (Å²) in [6.45, 7) is 2.17. The van der Waals surface area contributed by atoms with Crippen LogP contribution in [0.3, 0.4) is 0 Å². The molecular formula is C27H26Cl2FN5O2. The molecule has 1 aliphatic heterocycles. The molecule has 2 aromatic rings. The highest BCUT2D eigenvalue weighted by Crippen LogP contribution is 2.37. The summed E-state index contributed by atoms with van der Waals surface area (Å²) in [7, 11) is 0. The average molecular weight is 542 g/mol. The van der Waals surface area contributed by atoms with Crippen LogP contribution >= 0.6 is 23.2 Å². The standard InChI is InChI=1S/C27H26Cl2FN5O2/c1-15-26-18(8-20(28)10-21(26)29)6-7-35(15)25(36)14-33-24-11-23(19(13-32)9-22(24)30)34-27(37)17-4-2-16(12-31)3-5-17/h8-11,15-17,33H,2-7,14H2,1H3,(H,34,37). The number of rotatable bonds is 5. The summed E-state index contributed by atoms with van der Waals surface area (Å²) < 4.78 is 14.7. The van der Waals surface area contributed by atoms with Gasteiger partial charge in [-0.3, -0.25) is 9.59 Å². The van der Waals surface area contributed by atoms with E-state index in [4.69, 9.17) is 28.5 Å². The van der Waals surface area contributed by atoms with Gasteiger partial charge in [0.2, 0.25) is 11.8 Å². The molecule has 4 rings (SSSR count). The number of carbonyl (C=O) groups excluding carboxylic acids is 2. The van der Waals surface area contributed by atoms with E-state index in [-0.39, 0.29) is 53.2 Å². The fourth-order valence-corrected chi connectivity index (χ4v) is 5.83. The number of fused-ring (bicyclic) bond motifs is 1. The number of nitrogens with one attached hydrogen (secondary N) is 2. The fourth-order valence-electron chi connectivity index (χ4n) is 5.14. The number of anilines is 2. The van der Waals surface area contributed by atoms with Crippen LogP contribution < -0.4 is 10.6 Å². The van der Waals surface area contributed by atoms with Crippen molar-refractivity contribution in [2.45, 2.75) is 45.1 Å². The largest absolute Gasteiger partial charge is 0.374 e. The molecule has 192 valence electrons. The van der Waals surface area contributed by atoms with Gasteiger partial charge in [0.25, 0.3) is 0 Å². The van der Waals surface area contributed by atoms with E-state index in [1.165, 1.54) is 6.07 Å². The van der Waals surface area contributed by atoms with Gasteiger partial charge in [-0.05, 0) is 74.4 Å². The molecule has 37 heavy (non-hydrogen) atoms. The van der Waals surface area contributed by atoms with Crippen LogP contribution in [0.4, 0.5) is 15.8 Å². The normalized spacial score (nSPS) is 20.8. The molecule has 2 aliphatic rings. The molecule has 2 N–H and O–H groups in total. The van der Waals surface area contributed by atoms with Crippen molar-refractivity contribution >= 4 is 46.4 Å². The highest BCUT2D eigenvalue weighted by molar-refractivity contribution is 6.35. The van der Waals surface area contributed by atoms with Crippen LogP contribution in [0.15, 0.2) is 24.3 Å². The SMILES string of the molecule is CC1c2c(Cl)cc(Cl)cc2CCN1C(=O)CNc1cc(NC(=O)C2CCC(C#N)CC2)c(C#N)cc1F. The van der Waals surface area contributed by atoms with Gasteiger partial charge in [-0.1, -0.05) is 23.2 Å². The van der Waals surface area contributed by atoms with Crippen molar-refractivity contribution in [1.82, 2.24) is 4.90 Å². The third-order valence-corrected chi connectivity index (χ3v) is 7.73. The summed E-state index contributed by atoms with van der Waals surface area (Å²) in [6, 6.07) is 9.76. The molecule has 1 aliphatic carbocycles. The summed E-state index contributed by atoms with van der Waals surface area (Å²) >= 11 is 12.5. The van der Waals surface area contributed by atoms with Gasteiger partial charge in [0.05, 0.1) is 35.6 Å². The van der Waals surface area contributed by atoms with Crippen molar-refractivity contribution in [2.24, 2.45) is 11.8 Å². The summed E-state index contributed by atoms with van der Waals surface area (Å²) in [4.78, 5) is 27.5. The van der Waals surface area contributed by atoms with Gasteiger partial charge in [0.1, 0.15) is 11.9 Å². The molecule has 0 saturated heterocycles. The Balaban J connectivity index is 1.44. The molecule has 0 spiro atoms. The molecule has 1 fully saturated rings. The molecule has 10 heteroatoms. The quantitative estimate of drug-likeness (QED) is 0.494. The zero-order valence-corrected chi connectivity index (χ0v) is 21.8. The van der Waals surface area contributed by atoms with Gasteiger partial charge in [0, 0.05) is 28.4 Å². The first-order valence-electron chi connectivity index (χ1n) is 12.2. The third-order valence-electron chi connectivity index (χ3n) is 7.20. The van der Waals surface area contributed by atoms with Crippen molar-refractivity contribution in [2.75, 3.05) is 23.7 Å². The Labute approximate surface area is 225 Å². The number of nitrogens with zero attached hydrogens (tertiary/aromatic N) is 3. The Bertz CT molecular complexity index is 1310. The second-order valence-corrected chi connectivity index (χ2v) is 10.3. The third kappa shape index (κ3) is 5.82. The van der Waals surface area contributed by atoms with Gasteiger partial charge in [-0.2, -0.15) is 10.5 Å². The van der Waals surface area contributed by atoms with E-state index in [0.717, 1.165) is 17.2 Å². The number of hydrogen-bond acceptors (Lipinski definition) is 5. The van der Waals surface area contributed by atoms with E-state index >= 15 is 0 Å². The van der Waals surface area contributed by atoms with E-state index in [0.29, 0.717) is 48.7 Å². The topological polar surface area (TPSA) is 109 Å². The first-order valence-corrected chi connectivity index (χ1v) is 12.9. The minimum atomic E-state index is -0.702. The maximum atomic E-state index is 14.7. The van der Waals surface area contributed by atoms with Gasteiger partial charge in [-0.15, -0.1) is 0 Å². The zero-order chi connectivity index (χ0) is 26.7. The molecular weight excluding hydrogens is 516 g/mol. The Morgan fingerprint density at radius 3 is 2.51 bits per heavy atom. The van der Waals surface area contributed by atoms with E-state index in [9.17, 15) is 19.2 Å². The number of hydrogen-bond donors (Lipinski definition) is 2. The summed E-state index contributed by atoms with van der Waals surface area (Å²) in [5.74, 6) is -1.52. The monoisotopic (exact) mass is 541 g/mol. The molecule has 7 nitrogen and oxygen atoms in total. The fraction of sp³-hybridized carbons (Fsp3) is 0.407. The minimum absolute atomic E-state index is 0.00529. The first kappa shape index (κ1) is 26.7. The molecule has 1 heterocycles. The number of nitriles is 2. The number of carbonyl (C=O) groups is 2. The van der Waals surface area contributed by atoms with E-state index in [2.05, 4.69) is 16.7 Å². The molecule has 0 bridgehead atoms. The lowest BCUT2D eigenvalue weighted by molar-refractivity contribution is -0.131. The summed E-state index contributed by atoms with van der Waals surface area (Å²) in [5, 5.41) is 25.1. The first-order chi connectivity index (χ1) is 17.7. The number of amides is 2. The molecule has 1 unspecified atom stereocenters. The highest BCUT2D eigenvalue weighted by atomic mass is 35.5. The van der Waals surface area contributed by atoms with Crippen LogP contribution in [0.25, 0.3) is 0 Å². The predicted molar refractivity (Wildman–Crippen MR) is 140 cm³/mol. The van der Waals surface area contributed by atoms with E-state index in [1.54, 1.807) is 11.0 Å². The van der Waals surface area contributed by atoms with Gasteiger partial charge in [-0.25, -0.2) is 4.39 Å². The van der Waals surface area contributed by atoms with Gasteiger partial charge >= 0.3 is 0 Å². The van der Waals surface area contributed by atoms with Crippen LogP contribution in [0.1, 0.15) is 55.3 Å². The minimum Gasteiger partial charge on any atom is -0.374 e. The lowest BCUT2D eigenvalue weighted by Crippen LogP contribution is -2.42. The Morgan fingerprint density at radius 1 is 1.11 bits per heavy atom. The van der Waals surface area contributed by atoms with Crippen molar-refractivity contribution in [3.8, 4) is 12.1 Å². The van der Waals surface area contributed by atoms with Crippen LogP contribution in [0.5, 0.6) is 0 Å². The molecule has 1 saturated carbocycles. The molecule has 0 aromatic heterocycles. The highest BCUT2D eigenvalue weighted by Gasteiger charge is 2.30. The zero-order valence-electron chi connectivity index (χ0n) is 20.3.